The summed E-state index contributed by atoms with van der Waals surface area (Å²) in [6, 6.07) is 4.62. The minimum absolute atomic E-state index is 0.117. The maximum atomic E-state index is 12.7. The first kappa shape index (κ1) is 18.5. The summed E-state index contributed by atoms with van der Waals surface area (Å²) in [6.07, 6.45) is -3.74. The number of hydrogen-bond acceptors (Lipinski definition) is 5. The molecule has 2 aromatic rings. The summed E-state index contributed by atoms with van der Waals surface area (Å²) < 4.78 is 58.7. The molecule has 25 heavy (non-hydrogen) atoms. The zero-order valence-electron chi connectivity index (χ0n) is 13.6. The highest BCUT2D eigenvalue weighted by Crippen LogP contribution is 2.41. The molecule has 1 amide bonds. The molecule has 0 saturated heterocycles. The second kappa shape index (κ2) is 7.37. The molecule has 1 N–H and O–H groups in total. The van der Waals surface area contributed by atoms with Crippen molar-refractivity contribution in [2.24, 2.45) is 0 Å². The fourth-order valence-electron chi connectivity index (χ4n) is 2.26. The lowest BCUT2D eigenvalue weighted by molar-refractivity contribution is -0.174. The highest BCUT2D eigenvalue weighted by Gasteiger charge is 2.40. The summed E-state index contributed by atoms with van der Waals surface area (Å²) in [5.41, 5.74) is 0.266. The minimum atomic E-state index is -5.04. The largest absolute Gasteiger partial charge is 0.493 e. The van der Waals surface area contributed by atoms with Crippen LogP contribution in [0.25, 0.3) is 0 Å². The molecule has 1 atom stereocenters. The van der Waals surface area contributed by atoms with E-state index in [1.54, 1.807) is 0 Å². The third-order valence-electron chi connectivity index (χ3n) is 3.38. The van der Waals surface area contributed by atoms with E-state index >= 15 is 0 Å². The quantitative estimate of drug-likeness (QED) is 0.858. The Bertz CT molecular complexity index is 703. The van der Waals surface area contributed by atoms with Crippen molar-refractivity contribution in [3.63, 3.8) is 0 Å². The molecule has 1 aromatic heterocycles. The van der Waals surface area contributed by atoms with Crippen LogP contribution in [-0.4, -0.2) is 33.4 Å². The average Bonchev–Trinajstić information content (AvgIpc) is 3.11. The molecule has 9 heteroatoms. The fraction of sp³-hybridized carbons (Fsp3) is 0.312. The summed E-state index contributed by atoms with van der Waals surface area (Å²) in [4.78, 5) is 11.4. The molecule has 0 saturated carbocycles. The number of hydrogen-bond donors (Lipinski definition) is 1. The van der Waals surface area contributed by atoms with E-state index in [-0.39, 0.29) is 28.6 Å². The topological polar surface area (TPSA) is 69.9 Å². The Morgan fingerprint density at radius 3 is 2.12 bits per heavy atom. The number of rotatable bonds is 6. The highest BCUT2D eigenvalue weighted by atomic mass is 19.4. The van der Waals surface area contributed by atoms with Crippen LogP contribution in [0.1, 0.15) is 17.4 Å². The first-order valence-corrected chi connectivity index (χ1v) is 7.02. The standard InChI is InChI=1S/C16H16F3NO5/c1-22-11-7-9(8-12(23-2)14(11)24-3)13(10-5-4-6-25-10)20-15(21)16(17,18)19/h4-8,13H,1-3H3,(H,20,21). The van der Waals surface area contributed by atoms with Gasteiger partial charge in [-0.25, -0.2) is 0 Å². The van der Waals surface area contributed by atoms with Crippen molar-refractivity contribution in [2.45, 2.75) is 12.2 Å². The zero-order chi connectivity index (χ0) is 18.6. The number of nitrogens with one attached hydrogen (secondary N) is 1. The SMILES string of the molecule is COc1cc(C(NC(=O)C(F)(F)F)c2ccco2)cc(OC)c1OC. The smallest absolute Gasteiger partial charge is 0.471 e. The van der Waals surface area contributed by atoms with E-state index in [4.69, 9.17) is 18.6 Å². The van der Waals surface area contributed by atoms with E-state index in [9.17, 15) is 18.0 Å². The van der Waals surface area contributed by atoms with Gasteiger partial charge in [0.2, 0.25) is 5.75 Å². The van der Waals surface area contributed by atoms with Crippen molar-refractivity contribution < 1.29 is 36.6 Å². The van der Waals surface area contributed by atoms with Crippen LogP contribution in [0.4, 0.5) is 13.2 Å². The second-order valence-electron chi connectivity index (χ2n) is 4.88. The average molecular weight is 359 g/mol. The van der Waals surface area contributed by atoms with Gasteiger partial charge in [0.25, 0.3) is 0 Å². The van der Waals surface area contributed by atoms with Crippen molar-refractivity contribution in [2.75, 3.05) is 21.3 Å². The van der Waals surface area contributed by atoms with Crippen molar-refractivity contribution in [1.29, 1.82) is 0 Å². The third-order valence-corrected chi connectivity index (χ3v) is 3.38. The summed E-state index contributed by atoms with van der Waals surface area (Å²) in [5, 5.41) is 1.91. The molecule has 0 aliphatic rings. The molecule has 0 radical (unpaired) electrons. The van der Waals surface area contributed by atoms with Gasteiger partial charge in [-0.05, 0) is 29.8 Å². The first-order valence-electron chi connectivity index (χ1n) is 7.02. The molecule has 1 aromatic carbocycles. The minimum Gasteiger partial charge on any atom is -0.493 e. The van der Waals surface area contributed by atoms with E-state index in [0.717, 1.165) is 0 Å². The van der Waals surface area contributed by atoms with Crippen molar-refractivity contribution in [3.8, 4) is 17.2 Å². The predicted octanol–water partition coefficient (Wildman–Crippen LogP) is 3.07. The van der Waals surface area contributed by atoms with Gasteiger partial charge in [-0.15, -0.1) is 0 Å². The molecule has 1 unspecified atom stereocenters. The van der Waals surface area contributed by atoms with Crippen molar-refractivity contribution in [1.82, 2.24) is 5.32 Å². The van der Waals surface area contributed by atoms with Gasteiger partial charge in [0.05, 0.1) is 27.6 Å². The van der Waals surface area contributed by atoms with E-state index in [2.05, 4.69) is 0 Å². The van der Waals surface area contributed by atoms with Crippen LogP contribution in [-0.2, 0) is 4.79 Å². The van der Waals surface area contributed by atoms with Crippen LogP contribution in [0.2, 0.25) is 0 Å². The van der Waals surface area contributed by atoms with Gasteiger partial charge in [0.1, 0.15) is 11.8 Å². The normalized spacial score (nSPS) is 12.4. The van der Waals surface area contributed by atoms with Crippen molar-refractivity contribution >= 4 is 5.91 Å². The summed E-state index contributed by atoms with van der Waals surface area (Å²) in [7, 11) is 4.14. The Balaban J connectivity index is 2.53. The number of benzene rings is 1. The number of methoxy groups -OCH3 is 3. The Hall–Kier alpha value is -2.84. The number of carbonyl (C=O) groups is 1. The Kier molecular flexibility index (Phi) is 5.45. The van der Waals surface area contributed by atoms with Crippen LogP contribution >= 0.6 is 0 Å². The molecule has 0 aliphatic heterocycles. The van der Waals surface area contributed by atoms with Crippen molar-refractivity contribution in [3.05, 3.63) is 41.9 Å². The van der Waals surface area contributed by atoms with Gasteiger partial charge in [-0.1, -0.05) is 0 Å². The summed E-state index contributed by atoms with van der Waals surface area (Å²) >= 11 is 0. The van der Waals surface area contributed by atoms with Crippen LogP contribution < -0.4 is 19.5 Å². The van der Waals surface area contributed by atoms with Crippen LogP contribution in [0, 0.1) is 0 Å². The number of halogens is 3. The Morgan fingerprint density at radius 1 is 1.12 bits per heavy atom. The fourth-order valence-corrected chi connectivity index (χ4v) is 2.26. The lowest BCUT2D eigenvalue weighted by Gasteiger charge is -2.21. The molecular formula is C16H16F3NO5. The molecule has 0 spiro atoms. The highest BCUT2D eigenvalue weighted by molar-refractivity contribution is 5.82. The lowest BCUT2D eigenvalue weighted by atomic mass is 10.0. The lowest BCUT2D eigenvalue weighted by Crippen LogP contribution is -2.39. The molecule has 1 heterocycles. The second-order valence-corrected chi connectivity index (χ2v) is 4.88. The Morgan fingerprint density at radius 2 is 1.72 bits per heavy atom. The van der Waals surface area contributed by atoms with Crippen LogP contribution in [0.5, 0.6) is 17.2 Å². The molecular weight excluding hydrogens is 343 g/mol. The van der Waals surface area contributed by atoms with E-state index in [1.807, 2.05) is 5.32 Å². The van der Waals surface area contributed by atoms with Gasteiger partial charge >= 0.3 is 12.1 Å². The van der Waals surface area contributed by atoms with E-state index < -0.39 is 18.1 Å². The van der Waals surface area contributed by atoms with E-state index in [0.29, 0.717) is 0 Å². The summed E-state index contributed by atoms with van der Waals surface area (Å²) in [5.74, 6) is -1.24. The van der Waals surface area contributed by atoms with Gasteiger partial charge in [0.15, 0.2) is 11.5 Å². The van der Waals surface area contributed by atoms with Gasteiger partial charge in [-0.3, -0.25) is 4.79 Å². The monoisotopic (exact) mass is 359 g/mol. The van der Waals surface area contributed by atoms with E-state index in [1.165, 1.54) is 51.9 Å². The number of alkyl halides is 3. The molecule has 0 aliphatic carbocycles. The molecule has 136 valence electrons. The number of carbonyl (C=O) groups excluding carboxylic acids is 1. The number of furan rings is 1. The van der Waals surface area contributed by atoms with Gasteiger partial charge in [-0.2, -0.15) is 13.2 Å². The number of amides is 1. The zero-order valence-corrected chi connectivity index (χ0v) is 13.6. The predicted molar refractivity (Wildman–Crippen MR) is 80.8 cm³/mol. The summed E-state index contributed by atoms with van der Waals surface area (Å²) in [6.45, 7) is 0. The van der Waals surface area contributed by atoms with Gasteiger partial charge < -0.3 is 23.9 Å². The molecule has 0 bridgehead atoms. The maximum absolute atomic E-state index is 12.7. The maximum Gasteiger partial charge on any atom is 0.471 e. The molecule has 2 rings (SSSR count). The first-order chi connectivity index (χ1) is 11.8. The van der Waals surface area contributed by atoms with Crippen LogP contribution in [0.3, 0.4) is 0 Å². The number of ether oxygens (including phenoxy) is 3. The third kappa shape index (κ3) is 3.98. The molecule has 6 nitrogen and oxygen atoms in total. The Labute approximate surface area is 141 Å². The molecule has 0 fully saturated rings. The van der Waals surface area contributed by atoms with Gasteiger partial charge in [0, 0.05) is 0 Å². The van der Waals surface area contributed by atoms with Crippen LogP contribution in [0.15, 0.2) is 34.9 Å².